The number of Topliss-reactive ketones (excluding diaryl/α,β-unsaturated/α-hetero) is 1. The number of carbonyl (C=O) groups excluding carboxylic acids is 1. The summed E-state index contributed by atoms with van der Waals surface area (Å²) < 4.78 is 0.846. The normalized spacial score (nSPS) is 22.1. The summed E-state index contributed by atoms with van der Waals surface area (Å²) in [6, 6.07) is 3.28. The van der Waals surface area contributed by atoms with E-state index in [2.05, 4.69) is 4.98 Å². The summed E-state index contributed by atoms with van der Waals surface area (Å²) in [6.07, 6.45) is 0.418. The van der Waals surface area contributed by atoms with Gasteiger partial charge >= 0.3 is 5.97 Å². The number of hydrogen-bond acceptors (Lipinski definition) is 4. The molecule has 0 radical (unpaired) electrons. The van der Waals surface area contributed by atoms with Crippen LogP contribution in [0.25, 0.3) is 10.2 Å². The van der Waals surface area contributed by atoms with E-state index >= 15 is 0 Å². The number of halogens is 1. The number of carbonyl (C=O) groups is 2. The van der Waals surface area contributed by atoms with E-state index in [1.807, 2.05) is 0 Å². The molecule has 1 aromatic carbocycles. The number of aliphatic carboxylic acids is 1. The van der Waals surface area contributed by atoms with Crippen LogP contribution in [0.3, 0.4) is 0 Å². The zero-order chi connectivity index (χ0) is 12.9. The van der Waals surface area contributed by atoms with Crippen LogP contribution in [0.5, 0.6) is 0 Å². The van der Waals surface area contributed by atoms with Gasteiger partial charge in [-0.1, -0.05) is 11.6 Å². The quantitative estimate of drug-likeness (QED) is 0.879. The van der Waals surface area contributed by atoms with Gasteiger partial charge in [0.15, 0.2) is 5.78 Å². The Morgan fingerprint density at radius 3 is 2.83 bits per heavy atom. The van der Waals surface area contributed by atoms with E-state index in [9.17, 15) is 9.59 Å². The van der Waals surface area contributed by atoms with E-state index < -0.39 is 17.8 Å². The summed E-state index contributed by atoms with van der Waals surface area (Å²) in [5, 5.41) is 9.32. The van der Waals surface area contributed by atoms with Crippen molar-refractivity contribution >= 4 is 44.9 Å². The van der Waals surface area contributed by atoms with Gasteiger partial charge in [-0.05, 0) is 18.6 Å². The number of benzene rings is 1. The maximum atomic E-state index is 12.1. The lowest BCUT2D eigenvalue weighted by Crippen LogP contribution is -2.08. The highest BCUT2D eigenvalue weighted by molar-refractivity contribution is 7.17. The first kappa shape index (κ1) is 11.6. The number of rotatable bonds is 3. The van der Waals surface area contributed by atoms with Gasteiger partial charge in [-0.25, -0.2) is 4.98 Å². The van der Waals surface area contributed by atoms with Crippen LogP contribution in [0, 0.1) is 11.8 Å². The molecule has 3 rings (SSSR count). The van der Waals surface area contributed by atoms with Crippen molar-refractivity contribution in [3.8, 4) is 0 Å². The van der Waals surface area contributed by atoms with Crippen molar-refractivity contribution in [3.63, 3.8) is 0 Å². The Balaban J connectivity index is 1.95. The van der Waals surface area contributed by atoms with E-state index in [1.165, 1.54) is 11.3 Å². The molecule has 1 aliphatic carbocycles. The van der Waals surface area contributed by atoms with Gasteiger partial charge in [-0.2, -0.15) is 0 Å². The molecule has 2 atom stereocenters. The van der Waals surface area contributed by atoms with Gasteiger partial charge in [0.2, 0.25) is 0 Å². The molecule has 1 aromatic heterocycles. The predicted octanol–water partition coefficient (Wildman–Crippen LogP) is 2.85. The average Bonchev–Trinajstić information content (AvgIpc) is 2.99. The summed E-state index contributed by atoms with van der Waals surface area (Å²) in [5.41, 5.74) is 2.80. The van der Waals surface area contributed by atoms with Crippen LogP contribution in [-0.4, -0.2) is 21.8 Å². The molecule has 4 nitrogen and oxygen atoms in total. The van der Waals surface area contributed by atoms with E-state index in [0.29, 0.717) is 22.5 Å². The van der Waals surface area contributed by atoms with E-state index in [0.717, 1.165) is 4.70 Å². The third-order valence-electron chi connectivity index (χ3n) is 3.12. The lowest BCUT2D eigenvalue weighted by molar-refractivity contribution is -0.138. The highest BCUT2D eigenvalue weighted by Gasteiger charge is 2.48. The summed E-state index contributed by atoms with van der Waals surface area (Å²) in [5.74, 6) is -2.01. The fourth-order valence-electron chi connectivity index (χ4n) is 2.04. The van der Waals surface area contributed by atoms with Crippen LogP contribution in [0.1, 0.15) is 16.8 Å². The minimum Gasteiger partial charge on any atom is -0.481 e. The van der Waals surface area contributed by atoms with Gasteiger partial charge in [-0.15, -0.1) is 11.3 Å². The van der Waals surface area contributed by atoms with Crippen LogP contribution >= 0.6 is 22.9 Å². The summed E-state index contributed by atoms with van der Waals surface area (Å²) >= 11 is 7.49. The molecule has 92 valence electrons. The number of aromatic nitrogens is 1. The zero-order valence-electron chi connectivity index (χ0n) is 9.09. The number of nitrogens with zero attached hydrogens (tertiary/aromatic N) is 1. The smallest absolute Gasteiger partial charge is 0.307 e. The molecule has 2 aromatic rings. The number of hydrogen-bond donors (Lipinski definition) is 1. The molecular weight excluding hydrogens is 274 g/mol. The maximum Gasteiger partial charge on any atom is 0.307 e. The van der Waals surface area contributed by atoms with E-state index in [4.69, 9.17) is 16.7 Å². The first-order chi connectivity index (χ1) is 8.58. The minimum atomic E-state index is -0.908. The number of thiazole rings is 1. The van der Waals surface area contributed by atoms with Crippen molar-refractivity contribution in [2.24, 2.45) is 11.8 Å². The molecule has 1 aliphatic rings. The minimum absolute atomic E-state index is 0.154. The molecule has 18 heavy (non-hydrogen) atoms. The molecule has 1 fully saturated rings. The van der Waals surface area contributed by atoms with Crippen LogP contribution in [-0.2, 0) is 4.79 Å². The first-order valence-electron chi connectivity index (χ1n) is 5.37. The highest BCUT2D eigenvalue weighted by atomic mass is 35.5. The standard InChI is InChI=1S/C12H8ClNO3S/c13-8-1-5(2-9-11(8)18-4-14-9)10(15)6-3-7(6)12(16)17/h1-2,4,6-7H,3H2,(H,16,17)/t6-,7-/m0/s1. The Labute approximate surface area is 111 Å². The second kappa shape index (κ2) is 4.03. The Bertz CT molecular complexity index is 666. The molecule has 0 amide bonds. The molecule has 1 saturated carbocycles. The largest absolute Gasteiger partial charge is 0.481 e. The molecule has 0 unspecified atom stereocenters. The second-order valence-corrected chi connectivity index (χ2v) is 5.57. The molecule has 1 heterocycles. The number of carboxylic acids is 1. The van der Waals surface area contributed by atoms with E-state index in [1.54, 1.807) is 17.6 Å². The third kappa shape index (κ3) is 1.79. The van der Waals surface area contributed by atoms with Crippen molar-refractivity contribution in [2.45, 2.75) is 6.42 Å². The number of ketones is 1. The van der Waals surface area contributed by atoms with E-state index in [-0.39, 0.29) is 5.78 Å². The lowest BCUT2D eigenvalue weighted by Gasteiger charge is -2.01. The van der Waals surface area contributed by atoms with Gasteiger partial charge in [0.25, 0.3) is 0 Å². The fraction of sp³-hybridized carbons (Fsp3) is 0.250. The molecule has 1 N–H and O–H groups in total. The van der Waals surface area contributed by atoms with Crippen molar-refractivity contribution in [2.75, 3.05) is 0 Å². The van der Waals surface area contributed by atoms with Crippen molar-refractivity contribution in [1.29, 1.82) is 0 Å². The van der Waals surface area contributed by atoms with Gasteiger partial charge in [-0.3, -0.25) is 9.59 Å². The molecular formula is C12H8ClNO3S. The van der Waals surface area contributed by atoms with Crippen LogP contribution in [0.2, 0.25) is 5.02 Å². The lowest BCUT2D eigenvalue weighted by atomic mass is 10.1. The zero-order valence-corrected chi connectivity index (χ0v) is 10.7. The number of fused-ring (bicyclic) bond motifs is 1. The third-order valence-corrected chi connectivity index (χ3v) is 4.40. The van der Waals surface area contributed by atoms with Gasteiger partial charge < -0.3 is 5.11 Å². The Kier molecular flexibility index (Phi) is 2.60. The van der Waals surface area contributed by atoms with Crippen molar-refractivity contribution in [1.82, 2.24) is 4.98 Å². The van der Waals surface area contributed by atoms with Crippen LogP contribution in [0.4, 0.5) is 0 Å². The topological polar surface area (TPSA) is 67.3 Å². The summed E-state index contributed by atoms with van der Waals surface area (Å²) in [7, 11) is 0. The Morgan fingerprint density at radius 2 is 2.17 bits per heavy atom. The fourth-order valence-corrected chi connectivity index (χ4v) is 3.06. The van der Waals surface area contributed by atoms with Gasteiger partial charge in [0, 0.05) is 11.5 Å². The second-order valence-electron chi connectivity index (χ2n) is 4.31. The Hall–Kier alpha value is -1.46. The maximum absolute atomic E-state index is 12.1. The van der Waals surface area contributed by atoms with Crippen molar-refractivity contribution < 1.29 is 14.7 Å². The molecule has 0 spiro atoms. The monoisotopic (exact) mass is 281 g/mol. The predicted molar refractivity (Wildman–Crippen MR) is 68.2 cm³/mol. The summed E-state index contributed by atoms with van der Waals surface area (Å²) in [4.78, 5) is 27.0. The van der Waals surface area contributed by atoms with Crippen LogP contribution < -0.4 is 0 Å². The first-order valence-corrected chi connectivity index (χ1v) is 6.63. The SMILES string of the molecule is O=C(O)[C@H]1C[C@@H]1C(=O)c1cc(Cl)c2scnc2c1. The van der Waals surface area contributed by atoms with Gasteiger partial charge in [0.1, 0.15) is 0 Å². The average molecular weight is 282 g/mol. The van der Waals surface area contributed by atoms with Gasteiger partial charge in [0.05, 0.1) is 26.7 Å². The van der Waals surface area contributed by atoms with Crippen molar-refractivity contribution in [3.05, 3.63) is 28.2 Å². The Morgan fingerprint density at radius 1 is 1.39 bits per heavy atom. The molecule has 0 saturated heterocycles. The molecule has 0 bridgehead atoms. The summed E-state index contributed by atoms with van der Waals surface area (Å²) in [6.45, 7) is 0. The molecule has 0 aliphatic heterocycles. The number of carboxylic acid groups (broad SMARTS) is 1. The highest BCUT2D eigenvalue weighted by Crippen LogP contribution is 2.42. The molecule has 6 heteroatoms. The van der Waals surface area contributed by atoms with Crippen LogP contribution in [0.15, 0.2) is 17.6 Å².